The van der Waals surface area contributed by atoms with E-state index >= 15 is 0 Å². The van der Waals surface area contributed by atoms with E-state index in [2.05, 4.69) is 145 Å². The summed E-state index contributed by atoms with van der Waals surface area (Å²) in [7, 11) is 0. The number of thiocarbonyl (C=S) groups is 1. The molecule has 9 nitrogen and oxygen atoms in total. The van der Waals surface area contributed by atoms with E-state index in [4.69, 9.17) is 17.3 Å². The largest absolute Gasteiger partial charge is 0.480 e. The molecule has 6 rings (SSSR count). The van der Waals surface area contributed by atoms with Gasteiger partial charge in [0, 0.05) is 49.5 Å². The number of hydrogen-bond acceptors (Lipinski definition) is 8. The number of quaternary nitrogens is 1. The number of hydrazone groups is 1. The summed E-state index contributed by atoms with van der Waals surface area (Å²) < 4.78 is 0.712. The summed E-state index contributed by atoms with van der Waals surface area (Å²) in [5.74, 6) is -1.48. The molecule has 1 heterocycles. The van der Waals surface area contributed by atoms with Crippen molar-refractivity contribution in [2.24, 2.45) is 5.10 Å². The van der Waals surface area contributed by atoms with Gasteiger partial charge < -0.3 is 10.1 Å². The number of aliphatic carboxylic acids is 1. The molecule has 0 bridgehead atoms. The van der Waals surface area contributed by atoms with Crippen molar-refractivity contribution in [2.45, 2.75) is 104 Å². The summed E-state index contributed by atoms with van der Waals surface area (Å²) >= 11 is 6.43. The summed E-state index contributed by atoms with van der Waals surface area (Å²) in [6.45, 7) is 6.34. The van der Waals surface area contributed by atoms with Gasteiger partial charge in [-0.25, -0.2) is 4.48 Å². The first-order chi connectivity index (χ1) is 32.8. The maximum atomic E-state index is 12.9. The summed E-state index contributed by atoms with van der Waals surface area (Å²) in [4.78, 5) is 25.8. The molecular weight excluding hydrogens is 869 g/mol. The standard InChI is InChI=1S/C56H68N6O3S2/c1-3-5-7-9-11-13-24-40-60(49-36-32-46(33-37-49)42-53-55(65)59(44-54(63)64)56(66)67-53)57-43-47-34-38-52(39-35-47)62(50-28-20-16-21-29-50,51-30-22-17-23-31-51)45-58-61(48-26-18-15-19-27-48)41-25-14-12-10-8-6-4-2/h15-23,26-39,42-43,58H,3-14,24-25,40-41,44-45H2,1-2H3/p+1. The minimum absolute atomic E-state index is 0.253. The van der Waals surface area contributed by atoms with Gasteiger partial charge in [-0.3, -0.25) is 19.5 Å². The molecule has 1 aliphatic heterocycles. The van der Waals surface area contributed by atoms with Crippen LogP contribution in [-0.4, -0.2) is 58.7 Å². The van der Waals surface area contributed by atoms with Crippen molar-refractivity contribution in [3.8, 4) is 0 Å². The number of anilines is 2. The Hall–Kier alpha value is -5.59. The molecule has 0 unspecified atom stereocenters. The molecule has 1 aliphatic rings. The van der Waals surface area contributed by atoms with E-state index in [-0.39, 0.29) is 10.2 Å². The molecule has 67 heavy (non-hydrogen) atoms. The van der Waals surface area contributed by atoms with E-state index in [1.165, 1.54) is 70.6 Å². The molecule has 5 aromatic carbocycles. The Bertz CT molecular complexity index is 2290. The lowest BCUT2D eigenvalue weighted by molar-refractivity contribution is -0.140. The highest BCUT2D eigenvalue weighted by Gasteiger charge is 2.37. The number of amides is 1. The first-order valence-electron chi connectivity index (χ1n) is 24.4. The number of benzene rings is 5. The van der Waals surface area contributed by atoms with Crippen LogP contribution >= 0.6 is 24.0 Å². The van der Waals surface area contributed by atoms with Crippen molar-refractivity contribution >= 4 is 80.9 Å². The Morgan fingerprint density at radius 3 is 1.69 bits per heavy atom. The Balaban J connectivity index is 1.26. The second-order valence-corrected chi connectivity index (χ2v) is 18.9. The zero-order valence-electron chi connectivity index (χ0n) is 39.5. The van der Waals surface area contributed by atoms with Crippen LogP contribution in [0.1, 0.15) is 115 Å². The number of carbonyl (C=O) groups is 2. The second kappa shape index (κ2) is 27.3. The minimum atomic E-state index is -1.10. The van der Waals surface area contributed by atoms with Gasteiger partial charge in [-0.2, -0.15) is 10.5 Å². The third-order valence-corrected chi connectivity index (χ3v) is 13.6. The summed E-state index contributed by atoms with van der Waals surface area (Å²) in [5, 5.41) is 18.8. The van der Waals surface area contributed by atoms with Crippen LogP contribution in [0.3, 0.4) is 0 Å². The first-order valence-corrected chi connectivity index (χ1v) is 25.6. The predicted molar refractivity (Wildman–Crippen MR) is 287 cm³/mol. The van der Waals surface area contributed by atoms with Crippen LogP contribution < -0.4 is 19.9 Å². The monoisotopic (exact) mass is 937 g/mol. The average molecular weight is 938 g/mol. The lowest BCUT2D eigenvalue weighted by Gasteiger charge is -2.39. The van der Waals surface area contributed by atoms with Crippen molar-refractivity contribution in [1.29, 1.82) is 0 Å². The predicted octanol–water partition coefficient (Wildman–Crippen LogP) is 14.3. The number of hydrogen-bond donors (Lipinski definition) is 2. The Kier molecular flexibility index (Phi) is 20.7. The molecule has 0 atom stereocenters. The van der Waals surface area contributed by atoms with Crippen LogP contribution in [-0.2, 0) is 9.59 Å². The van der Waals surface area contributed by atoms with Gasteiger partial charge in [-0.1, -0.05) is 182 Å². The average Bonchev–Trinajstić information content (AvgIpc) is 3.61. The van der Waals surface area contributed by atoms with E-state index in [9.17, 15) is 14.7 Å². The van der Waals surface area contributed by atoms with Crippen molar-refractivity contribution in [3.63, 3.8) is 0 Å². The van der Waals surface area contributed by atoms with Crippen LogP contribution in [0, 0.1) is 0 Å². The number of rotatable bonds is 29. The zero-order valence-corrected chi connectivity index (χ0v) is 41.1. The van der Waals surface area contributed by atoms with Crippen LogP contribution in [0.4, 0.5) is 28.4 Å². The van der Waals surface area contributed by atoms with Crippen LogP contribution in [0.5, 0.6) is 0 Å². The SMILES string of the molecule is CCCCCCCCCN(N=Cc1ccc([N+](CNN(CCCCCCCCC)c2ccccc2)(c2ccccc2)c2ccccc2)cc1)c1ccc(C=C2SC(=S)N(CC(=O)O)C2=O)cc1. The van der Waals surface area contributed by atoms with E-state index < -0.39 is 12.5 Å². The van der Waals surface area contributed by atoms with Gasteiger partial charge in [0.25, 0.3) is 5.91 Å². The number of carboxylic acids is 1. The van der Waals surface area contributed by atoms with Gasteiger partial charge in [0.05, 0.1) is 22.5 Å². The van der Waals surface area contributed by atoms with Crippen molar-refractivity contribution in [3.05, 3.63) is 156 Å². The van der Waals surface area contributed by atoms with Crippen LogP contribution in [0.15, 0.2) is 150 Å². The number of carbonyl (C=O) groups excluding carboxylic acids is 1. The van der Waals surface area contributed by atoms with Gasteiger partial charge in [-0.05, 0) is 66.4 Å². The molecule has 0 spiro atoms. The number of para-hydroxylation sites is 3. The molecule has 5 aromatic rings. The number of nitrogens with one attached hydrogen (secondary N) is 1. The molecule has 1 amide bonds. The molecule has 352 valence electrons. The Morgan fingerprint density at radius 1 is 0.642 bits per heavy atom. The summed E-state index contributed by atoms with van der Waals surface area (Å²) in [6, 6.07) is 49.1. The number of carboxylic acid groups (broad SMARTS) is 1. The molecule has 1 fully saturated rings. The van der Waals surface area contributed by atoms with E-state index in [0.29, 0.717) is 16.1 Å². The van der Waals surface area contributed by atoms with Gasteiger partial charge in [0.15, 0.2) is 6.67 Å². The Morgan fingerprint density at radius 2 is 1.13 bits per heavy atom. The zero-order chi connectivity index (χ0) is 47.1. The molecule has 1 saturated heterocycles. The molecule has 0 saturated carbocycles. The van der Waals surface area contributed by atoms with Gasteiger partial charge in [0.2, 0.25) is 0 Å². The molecule has 0 aromatic heterocycles. The fourth-order valence-corrected chi connectivity index (χ4v) is 9.76. The number of nitrogens with zero attached hydrogens (tertiary/aromatic N) is 5. The highest BCUT2D eigenvalue weighted by molar-refractivity contribution is 8.26. The lowest BCUT2D eigenvalue weighted by Crippen LogP contribution is -2.52. The Labute approximate surface area is 409 Å². The highest BCUT2D eigenvalue weighted by Crippen LogP contribution is 2.43. The molecule has 2 N–H and O–H groups in total. The lowest BCUT2D eigenvalue weighted by atomic mass is 10.1. The quantitative estimate of drug-likeness (QED) is 0.00932. The van der Waals surface area contributed by atoms with Gasteiger partial charge in [-0.15, -0.1) is 0 Å². The normalized spacial score (nSPS) is 13.5. The highest BCUT2D eigenvalue weighted by atomic mass is 32.2. The summed E-state index contributed by atoms with van der Waals surface area (Å²) in [5.41, 5.74) is 11.3. The fraction of sp³-hybridized carbons (Fsp3) is 0.357. The van der Waals surface area contributed by atoms with Gasteiger partial charge >= 0.3 is 5.97 Å². The maximum Gasteiger partial charge on any atom is 0.323 e. The number of unbranched alkanes of at least 4 members (excludes halogenated alkanes) is 12. The van der Waals surface area contributed by atoms with Crippen molar-refractivity contribution < 1.29 is 14.7 Å². The topological polar surface area (TPSA) is 88.5 Å². The van der Waals surface area contributed by atoms with E-state index in [0.717, 1.165) is 88.6 Å². The van der Waals surface area contributed by atoms with E-state index in [1.54, 1.807) is 6.08 Å². The van der Waals surface area contributed by atoms with Crippen LogP contribution in [0.25, 0.3) is 6.08 Å². The maximum absolute atomic E-state index is 12.9. The molecule has 11 heteroatoms. The second-order valence-electron chi connectivity index (χ2n) is 17.2. The third-order valence-electron chi connectivity index (χ3n) is 12.3. The summed E-state index contributed by atoms with van der Waals surface area (Å²) in [6.07, 6.45) is 20.9. The van der Waals surface area contributed by atoms with Crippen molar-refractivity contribution in [2.75, 3.05) is 36.3 Å². The minimum Gasteiger partial charge on any atom is -0.480 e. The number of thioether (sulfide) groups is 1. The van der Waals surface area contributed by atoms with E-state index in [1.807, 2.05) is 30.5 Å². The smallest absolute Gasteiger partial charge is 0.323 e. The number of hydrazine groups is 1. The first kappa shape index (κ1) is 50.8. The van der Waals surface area contributed by atoms with Crippen molar-refractivity contribution in [1.82, 2.24) is 14.8 Å². The van der Waals surface area contributed by atoms with Gasteiger partial charge in [0.1, 0.15) is 27.9 Å². The van der Waals surface area contributed by atoms with Crippen LogP contribution in [0.2, 0.25) is 0 Å². The molecule has 0 aliphatic carbocycles. The molecular formula is C56H69N6O3S2+. The molecule has 0 radical (unpaired) electrons. The fourth-order valence-electron chi connectivity index (χ4n) is 8.50. The third kappa shape index (κ3) is 15.0.